The van der Waals surface area contributed by atoms with Crippen molar-refractivity contribution >= 4 is 18.0 Å². The minimum absolute atomic E-state index is 0.0946. The Hall–Kier alpha value is -1.59. The monoisotopic (exact) mass is 321 g/mol. The van der Waals surface area contributed by atoms with Crippen LogP contribution in [0.2, 0.25) is 0 Å². The highest BCUT2D eigenvalue weighted by molar-refractivity contribution is 6.01. The predicted octanol–water partition coefficient (Wildman–Crippen LogP) is 2.52. The van der Waals surface area contributed by atoms with Gasteiger partial charge in [-0.25, -0.2) is 4.79 Å². The molecule has 2 amide bonds. The number of hydroxylamine groups is 2. The minimum atomic E-state index is -0.943. The lowest BCUT2D eigenvalue weighted by atomic mass is 9.86. The molecule has 6 atom stereocenters. The molecule has 4 rings (SSSR count). The molecule has 0 aromatic heterocycles. The van der Waals surface area contributed by atoms with Crippen molar-refractivity contribution in [3.8, 4) is 0 Å². The number of carbonyl (C=O) groups excluding carboxylic acids is 3. The molecule has 0 aromatic rings. The first-order valence-corrected chi connectivity index (χ1v) is 8.62. The van der Waals surface area contributed by atoms with Gasteiger partial charge < -0.3 is 4.74 Å². The molecule has 0 aromatic carbocycles. The summed E-state index contributed by atoms with van der Waals surface area (Å²) in [6, 6.07) is 0. The molecule has 0 bridgehead atoms. The van der Waals surface area contributed by atoms with E-state index in [1.807, 2.05) is 0 Å². The maximum Gasteiger partial charge on any atom is 0.533 e. The van der Waals surface area contributed by atoms with Crippen LogP contribution in [0.1, 0.15) is 46.0 Å². The maximum atomic E-state index is 11.7. The van der Waals surface area contributed by atoms with E-state index in [0.29, 0.717) is 34.8 Å². The number of fused-ring (bicyclic) bond motifs is 3. The summed E-state index contributed by atoms with van der Waals surface area (Å²) in [5.41, 5.74) is 0.489. The summed E-state index contributed by atoms with van der Waals surface area (Å²) < 4.78 is 5.18. The second kappa shape index (κ2) is 4.95. The number of imide groups is 1. The van der Waals surface area contributed by atoms with Gasteiger partial charge in [-0.2, -0.15) is 0 Å². The summed E-state index contributed by atoms with van der Waals surface area (Å²) in [7, 11) is 0. The van der Waals surface area contributed by atoms with Gasteiger partial charge in [0, 0.05) is 12.8 Å². The van der Waals surface area contributed by atoms with E-state index in [1.165, 1.54) is 19.3 Å². The Bertz CT molecular complexity index is 559. The Labute approximate surface area is 135 Å². The van der Waals surface area contributed by atoms with Gasteiger partial charge >= 0.3 is 6.16 Å². The molecule has 1 saturated heterocycles. The quantitative estimate of drug-likeness (QED) is 0.590. The fraction of sp³-hybridized carbons (Fsp3) is 0.824. The van der Waals surface area contributed by atoms with Crippen LogP contribution in [0.3, 0.4) is 0 Å². The summed E-state index contributed by atoms with van der Waals surface area (Å²) in [4.78, 5) is 39.3. The van der Waals surface area contributed by atoms with Gasteiger partial charge in [0.05, 0.1) is 6.61 Å². The standard InChI is InChI=1S/C17H23NO5/c1-9-3-4-10-11(15(10)12-7-17(9,12)2)8-22-16(21)23-18-13(19)5-6-14(18)20/h9-12,15H,3-8H2,1-2H3/t9?,10?,11-,12?,15?,17?/m1/s1. The molecule has 4 aliphatic rings. The number of carbonyl (C=O) groups is 3. The highest BCUT2D eigenvalue weighted by Gasteiger charge is 2.68. The van der Waals surface area contributed by atoms with E-state index < -0.39 is 18.0 Å². The second-order valence-electron chi connectivity index (χ2n) is 7.93. The molecule has 5 unspecified atom stereocenters. The number of hydrogen-bond acceptors (Lipinski definition) is 5. The summed E-state index contributed by atoms with van der Waals surface area (Å²) in [5.74, 6) is 2.36. The molecule has 23 heavy (non-hydrogen) atoms. The van der Waals surface area contributed by atoms with E-state index in [0.717, 1.165) is 11.8 Å². The molecule has 0 N–H and O–H groups in total. The Morgan fingerprint density at radius 3 is 2.65 bits per heavy atom. The SMILES string of the molecule is CC1CCC2C(C3CC13C)[C@@H]2COC(=O)ON1C(=O)CCC1=O. The average molecular weight is 321 g/mol. The van der Waals surface area contributed by atoms with E-state index in [4.69, 9.17) is 9.57 Å². The largest absolute Gasteiger partial charge is 0.533 e. The lowest BCUT2D eigenvalue weighted by molar-refractivity contribution is -0.177. The van der Waals surface area contributed by atoms with Gasteiger partial charge in [0.15, 0.2) is 0 Å². The predicted molar refractivity (Wildman–Crippen MR) is 78.6 cm³/mol. The molecule has 6 nitrogen and oxygen atoms in total. The van der Waals surface area contributed by atoms with Crippen LogP contribution >= 0.6 is 0 Å². The maximum absolute atomic E-state index is 11.7. The summed E-state index contributed by atoms with van der Waals surface area (Å²) in [6.45, 7) is 5.09. The Morgan fingerprint density at radius 1 is 1.26 bits per heavy atom. The van der Waals surface area contributed by atoms with Gasteiger partial charge in [0.25, 0.3) is 11.8 Å². The molecule has 1 heterocycles. The molecule has 3 aliphatic carbocycles. The number of rotatable bonds is 3. The molecule has 0 radical (unpaired) electrons. The zero-order chi connectivity index (χ0) is 16.4. The fourth-order valence-corrected chi connectivity index (χ4v) is 4.97. The molecule has 6 heteroatoms. The van der Waals surface area contributed by atoms with Crippen molar-refractivity contribution in [2.24, 2.45) is 35.0 Å². The van der Waals surface area contributed by atoms with Crippen LogP contribution in [0.25, 0.3) is 0 Å². The first-order chi connectivity index (χ1) is 10.9. The van der Waals surface area contributed by atoms with Crippen LogP contribution in [0.4, 0.5) is 4.79 Å². The Balaban J connectivity index is 1.27. The van der Waals surface area contributed by atoms with Gasteiger partial charge in [0.1, 0.15) is 0 Å². The summed E-state index contributed by atoms with van der Waals surface area (Å²) in [5, 5.41) is 0.535. The van der Waals surface area contributed by atoms with Gasteiger partial charge in [-0.15, -0.1) is 0 Å². The number of ether oxygens (including phenoxy) is 1. The summed E-state index contributed by atoms with van der Waals surface area (Å²) in [6.07, 6.45) is 3.01. The molecule has 126 valence electrons. The lowest BCUT2D eigenvalue weighted by Gasteiger charge is -2.19. The summed E-state index contributed by atoms with van der Waals surface area (Å²) >= 11 is 0. The van der Waals surface area contributed by atoms with Crippen molar-refractivity contribution in [1.82, 2.24) is 5.06 Å². The average Bonchev–Trinajstić information content (AvgIpc) is 3.36. The zero-order valence-corrected chi connectivity index (χ0v) is 13.6. The normalized spacial score (nSPS) is 44.3. The number of hydrogen-bond donors (Lipinski definition) is 0. The molecular weight excluding hydrogens is 298 g/mol. The van der Waals surface area contributed by atoms with Crippen molar-refractivity contribution in [3.63, 3.8) is 0 Å². The highest BCUT2D eigenvalue weighted by atomic mass is 16.8. The van der Waals surface area contributed by atoms with Crippen LogP contribution < -0.4 is 0 Å². The number of nitrogens with zero attached hydrogens (tertiary/aromatic N) is 1. The minimum Gasteiger partial charge on any atom is -0.432 e. The molecule has 1 aliphatic heterocycles. The Morgan fingerprint density at radius 2 is 1.96 bits per heavy atom. The zero-order valence-electron chi connectivity index (χ0n) is 13.6. The third-order valence-electron chi connectivity index (χ3n) is 6.83. The highest BCUT2D eigenvalue weighted by Crippen LogP contribution is 2.73. The van der Waals surface area contributed by atoms with E-state index in [2.05, 4.69) is 13.8 Å². The first kappa shape index (κ1) is 15.0. The van der Waals surface area contributed by atoms with E-state index in [-0.39, 0.29) is 12.8 Å². The third kappa shape index (κ3) is 2.34. The first-order valence-electron chi connectivity index (χ1n) is 8.62. The lowest BCUT2D eigenvalue weighted by Crippen LogP contribution is -2.32. The van der Waals surface area contributed by atoms with Crippen LogP contribution in [0.5, 0.6) is 0 Å². The third-order valence-corrected chi connectivity index (χ3v) is 6.83. The fourth-order valence-electron chi connectivity index (χ4n) is 4.97. The van der Waals surface area contributed by atoms with Gasteiger partial charge in [-0.1, -0.05) is 18.9 Å². The van der Waals surface area contributed by atoms with Crippen molar-refractivity contribution < 1.29 is 24.0 Å². The van der Waals surface area contributed by atoms with Crippen LogP contribution in [-0.2, 0) is 19.2 Å². The number of amides is 2. The van der Waals surface area contributed by atoms with Crippen molar-refractivity contribution in [3.05, 3.63) is 0 Å². The molecule has 3 saturated carbocycles. The topological polar surface area (TPSA) is 72.9 Å². The van der Waals surface area contributed by atoms with E-state index in [9.17, 15) is 14.4 Å². The molecular formula is C17H23NO5. The smallest absolute Gasteiger partial charge is 0.432 e. The van der Waals surface area contributed by atoms with Crippen molar-refractivity contribution in [1.29, 1.82) is 0 Å². The second-order valence-corrected chi connectivity index (χ2v) is 7.93. The molecule has 0 spiro atoms. The van der Waals surface area contributed by atoms with Crippen LogP contribution in [0.15, 0.2) is 0 Å². The van der Waals surface area contributed by atoms with Gasteiger partial charge in [-0.05, 0) is 54.3 Å². The van der Waals surface area contributed by atoms with Crippen molar-refractivity contribution in [2.45, 2.75) is 46.0 Å². The van der Waals surface area contributed by atoms with Crippen LogP contribution in [0, 0.1) is 35.0 Å². The molecule has 4 fully saturated rings. The van der Waals surface area contributed by atoms with Crippen molar-refractivity contribution in [2.75, 3.05) is 6.61 Å². The van der Waals surface area contributed by atoms with E-state index >= 15 is 0 Å². The van der Waals surface area contributed by atoms with Gasteiger partial charge in [0.2, 0.25) is 0 Å². The van der Waals surface area contributed by atoms with Gasteiger partial charge in [-0.3, -0.25) is 14.4 Å². The Kier molecular flexibility index (Phi) is 3.22. The van der Waals surface area contributed by atoms with E-state index in [1.54, 1.807) is 0 Å². The van der Waals surface area contributed by atoms with Crippen LogP contribution in [-0.4, -0.2) is 29.6 Å².